The molecule has 1 aromatic carbocycles. The number of rotatable bonds is 7. The minimum Gasteiger partial charge on any atom is -0.497 e. The molecule has 0 aliphatic rings. The first-order valence-electron chi connectivity index (χ1n) is 7.93. The van der Waals surface area contributed by atoms with E-state index in [2.05, 4.69) is 52.9 Å². The van der Waals surface area contributed by atoms with E-state index in [-0.39, 0.29) is 11.1 Å². The Labute approximate surface area is 137 Å². The number of ether oxygens (including phenoxy) is 2. The Morgan fingerprint density at radius 2 is 1.59 bits per heavy atom. The monoisotopic (exact) mass is 324 g/mol. The largest absolute Gasteiger partial charge is 0.497 e. The van der Waals surface area contributed by atoms with Gasteiger partial charge in [0.25, 0.3) is 0 Å². The standard InChI is InChI=1S/C18H32O3Si/c1-14(13-21-22(7,8)18(2,3)4)17(20-6)15-9-11-16(19-5)12-10-15/h9-12,14,17H,13H2,1-8H3/t14-,17+/m0/s1. The van der Waals surface area contributed by atoms with Crippen molar-refractivity contribution in [3.8, 4) is 5.75 Å². The molecule has 1 aromatic rings. The van der Waals surface area contributed by atoms with Gasteiger partial charge in [0.15, 0.2) is 8.32 Å². The zero-order valence-corrected chi connectivity index (χ0v) is 16.4. The highest BCUT2D eigenvalue weighted by molar-refractivity contribution is 6.74. The van der Waals surface area contributed by atoms with Gasteiger partial charge in [-0.25, -0.2) is 0 Å². The summed E-state index contributed by atoms with van der Waals surface area (Å²) in [6.45, 7) is 14.3. The van der Waals surface area contributed by atoms with Crippen molar-refractivity contribution in [1.82, 2.24) is 0 Å². The lowest BCUT2D eigenvalue weighted by atomic mass is 9.98. The van der Waals surface area contributed by atoms with Crippen LogP contribution >= 0.6 is 0 Å². The van der Waals surface area contributed by atoms with Gasteiger partial charge in [0.1, 0.15) is 5.75 Å². The topological polar surface area (TPSA) is 27.7 Å². The minimum atomic E-state index is -1.72. The highest BCUT2D eigenvalue weighted by Crippen LogP contribution is 2.37. The second kappa shape index (κ2) is 7.62. The van der Waals surface area contributed by atoms with Crippen LogP contribution in [-0.2, 0) is 9.16 Å². The van der Waals surface area contributed by atoms with Gasteiger partial charge >= 0.3 is 0 Å². The lowest BCUT2D eigenvalue weighted by molar-refractivity contribution is 0.0351. The van der Waals surface area contributed by atoms with Crippen LogP contribution in [0.2, 0.25) is 18.1 Å². The number of hydrogen-bond acceptors (Lipinski definition) is 3. The molecule has 3 nitrogen and oxygen atoms in total. The average molecular weight is 325 g/mol. The molecule has 0 fully saturated rings. The van der Waals surface area contributed by atoms with Crippen LogP contribution in [-0.4, -0.2) is 29.1 Å². The Bertz CT molecular complexity index is 448. The Kier molecular flexibility index (Phi) is 6.65. The van der Waals surface area contributed by atoms with Crippen molar-refractivity contribution in [1.29, 1.82) is 0 Å². The maximum absolute atomic E-state index is 6.34. The zero-order valence-electron chi connectivity index (χ0n) is 15.4. The van der Waals surface area contributed by atoms with Crippen LogP contribution in [0.15, 0.2) is 24.3 Å². The van der Waals surface area contributed by atoms with Crippen LogP contribution in [0.1, 0.15) is 39.4 Å². The van der Waals surface area contributed by atoms with Gasteiger partial charge in [-0.05, 0) is 35.8 Å². The van der Waals surface area contributed by atoms with Crippen molar-refractivity contribution in [2.45, 2.75) is 51.9 Å². The van der Waals surface area contributed by atoms with E-state index < -0.39 is 8.32 Å². The Morgan fingerprint density at radius 3 is 2.00 bits per heavy atom. The summed E-state index contributed by atoms with van der Waals surface area (Å²) in [5.74, 6) is 1.16. The molecule has 0 radical (unpaired) electrons. The van der Waals surface area contributed by atoms with E-state index >= 15 is 0 Å². The van der Waals surface area contributed by atoms with Crippen LogP contribution in [0, 0.1) is 5.92 Å². The predicted molar refractivity (Wildman–Crippen MR) is 95.1 cm³/mol. The van der Waals surface area contributed by atoms with Gasteiger partial charge in [-0.1, -0.05) is 39.8 Å². The Balaban J connectivity index is 2.74. The Hall–Kier alpha value is -0.843. The first-order chi connectivity index (χ1) is 10.1. The fourth-order valence-corrected chi connectivity index (χ4v) is 3.25. The van der Waals surface area contributed by atoms with Crippen LogP contribution in [0.3, 0.4) is 0 Å². The second-order valence-electron chi connectivity index (χ2n) is 7.48. The maximum Gasteiger partial charge on any atom is 0.191 e. The van der Waals surface area contributed by atoms with Crippen LogP contribution in [0.5, 0.6) is 5.75 Å². The van der Waals surface area contributed by atoms with Gasteiger partial charge < -0.3 is 13.9 Å². The Morgan fingerprint density at radius 1 is 1.05 bits per heavy atom. The summed E-state index contributed by atoms with van der Waals surface area (Å²) in [4.78, 5) is 0. The summed E-state index contributed by atoms with van der Waals surface area (Å²) in [5, 5.41) is 0.232. The molecular formula is C18H32O3Si. The lowest BCUT2D eigenvalue weighted by Crippen LogP contribution is -2.42. The quantitative estimate of drug-likeness (QED) is 0.658. The molecule has 2 atom stereocenters. The molecule has 0 heterocycles. The summed E-state index contributed by atoms with van der Waals surface area (Å²) >= 11 is 0. The summed E-state index contributed by atoms with van der Waals surface area (Å²) in [5.41, 5.74) is 1.16. The van der Waals surface area contributed by atoms with Crippen LogP contribution in [0.25, 0.3) is 0 Å². The summed E-state index contributed by atoms with van der Waals surface area (Å²) in [6.07, 6.45) is 0.0377. The SMILES string of the molecule is COc1ccc([C@H](OC)[C@@H](C)CO[Si](C)(C)C(C)(C)C)cc1. The summed E-state index contributed by atoms with van der Waals surface area (Å²) in [7, 11) is 1.72. The molecule has 22 heavy (non-hydrogen) atoms. The minimum absolute atomic E-state index is 0.0377. The average Bonchev–Trinajstić information content (AvgIpc) is 2.45. The van der Waals surface area contributed by atoms with Crippen LogP contribution in [0.4, 0.5) is 0 Å². The van der Waals surface area contributed by atoms with Gasteiger partial charge in [0.2, 0.25) is 0 Å². The van der Waals surface area contributed by atoms with E-state index in [4.69, 9.17) is 13.9 Å². The first kappa shape index (κ1) is 19.2. The molecule has 1 rings (SSSR count). The van der Waals surface area contributed by atoms with E-state index in [0.717, 1.165) is 17.9 Å². The molecule has 0 saturated heterocycles. The molecule has 0 amide bonds. The van der Waals surface area contributed by atoms with Crippen molar-refractivity contribution < 1.29 is 13.9 Å². The van der Waals surface area contributed by atoms with Gasteiger partial charge in [-0.2, -0.15) is 0 Å². The van der Waals surface area contributed by atoms with E-state index in [9.17, 15) is 0 Å². The molecule has 0 spiro atoms. The van der Waals surface area contributed by atoms with Crippen molar-refractivity contribution in [3.63, 3.8) is 0 Å². The normalized spacial score (nSPS) is 15.5. The van der Waals surface area contributed by atoms with Gasteiger partial charge in [-0.15, -0.1) is 0 Å². The maximum atomic E-state index is 6.34. The molecule has 0 aromatic heterocycles. The van der Waals surface area contributed by atoms with Crippen molar-refractivity contribution in [2.75, 3.05) is 20.8 Å². The van der Waals surface area contributed by atoms with E-state index in [0.29, 0.717) is 5.92 Å². The van der Waals surface area contributed by atoms with E-state index in [1.165, 1.54) is 0 Å². The van der Waals surface area contributed by atoms with E-state index in [1.54, 1.807) is 14.2 Å². The molecule has 0 aliphatic carbocycles. The first-order valence-corrected chi connectivity index (χ1v) is 10.8. The number of methoxy groups -OCH3 is 2. The molecule has 4 heteroatoms. The highest BCUT2D eigenvalue weighted by Gasteiger charge is 2.37. The molecule has 0 unspecified atom stereocenters. The van der Waals surface area contributed by atoms with Crippen molar-refractivity contribution >= 4 is 8.32 Å². The molecule has 126 valence electrons. The number of hydrogen-bond donors (Lipinski definition) is 0. The number of benzene rings is 1. The second-order valence-corrected chi connectivity index (χ2v) is 12.3. The zero-order chi connectivity index (χ0) is 17.0. The highest BCUT2D eigenvalue weighted by atomic mass is 28.4. The van der Waals surface area contributed by atoms with Gasteiger partial charge in [-0.3, -0.25) is 0 Å². The van der Waals surface area contributed by atoms with E-state index in [1.807, 2.05) is 12.1 Å². The molecule has 0 aliphatic heterocycles. The fraction of sp³-hybridized carbons (Fsp3) is 0.667. The molecule has 0 saturated carbocycles. The van der Waals surface area contributed by atoms with Crippen molar-refractivity contribution in [3.05, 3.63) is 29.8 Å². The summed E-state index contributed by atoms with van der Waals surface area (Å²) < 4.78 is 17.3. The van der Waals surface area contributed by atoms with Crippen LogP contribution < -0.4 is 4.74 Å². The molecular weight excluding hydrogens is 292 g/mol. The van der Waals surface area contributed by atoms with Gasteiger partial charge in [0, 0.05) is 19.6 Å². The third-order valence-corrected chi connectivity index (χ3v) is 9.23. The third kappa shape index (κ3) is 4.83. The molecule has 0 bridgehead atoms. The predicted octanol–water partition coefficient (Wildman–Crippen LogP) is 5.04. The van der Waals surface area contributed by atoms with Gasteiger partial charge in [0.05, 0.1) is 13.2 Å². The third-order valence-electron chi connectivity index (χ3n) is 4.73. The van der Waals surface area contributed by atoms with Crippen molar-refractivity contribution in [2.24, 2.45) is 5.92 Å². The lowest BCUT2D eigenvalue weighted by Gasteiger charge is -2.37. The summed E-state index contributed by atoms with van der Waals surface area (Å²) in [6, 6.07) is 8.08. The fourth-order valence-electron chi connectivity index (χ4n) is 2.13. The molecule has 0 N–H and O–H groups in total. The smallest absolute Gasteiger partial charge is 0.191 e.